The second-order valence-corrected chi connectivity index (χ2v) is 13.0. The fourth-order valence-corrected chi connectivity index (χ4v) is 5.50. The van der Waals surface area contributed by atoms with E-state index in [1.807, 2.05) is 0 Å². The van der Waals surface area contributed by atoms with Gasteiger partial charge >= 0.3 is 0 Å². The first-order valence-electron chi connectivity index (χ1n) is 18.0. The lowest BCUT2D eigenvalue weighted by Crippen LogP contribution is -2.16. The molecule has 9 heteroatoms. The van der Waals surface area contributed by atoms with Gasteiger partial charge in [-0.1, -0.05) is 142 Å². The van der Waals surface area contributed by atoms with Crippen LogP contribution in [-0.2, 0) is 32.6 Å². The quantitative estimate of drug-likeness (QED) is 0.0488. The van der Waals surface area contributed by atoms with Crippen molar-refractivity contribution >= 4 is 7.82 Å². The molecule has 0 radical (unpaired) electrons. The van der Waals surface area contributed by atoms with E-state index in [1.54, 1.807) is 0 Å². The van der Waals surface area contributed by atoms with Gasteiger partial charge in [-0.25, -0.2) is 0 Å². The molecule has 8 nitrogen and oxygen atoms in total. The Labute approximate surface area is 266 Å². The average molecular weight is 638 g/mol. The molecule has 260 valence electrons. The van der Waals surface area contributed by atoms with Crippen molar-refractivity contribution in [2.75, 3.05) is 66.1 Å². The summed E-state index contributed by atoms with van der Waals surface area (Å²) in [5.74, 6) is 0. The fraction of sp³-hybridized carbons (Fsp3) is 1.00. The van der Waals surface area contributed by atoms with Crippen LogP contribution in [0.5, 0.6) is 0 Å². The lowest BCUT2D eigenvalue weighted by atomic mass is 10.1. The van der Waals surface area contributed by atoms with Crippen LogP contribution in [0.1, 0.15) is 155 Å². The third-order valence-electron chi connectivity index (χ3n) is 7.48. The van der Waals surface area contributed by atoms with Crippen molar-refractivity contribution in [3.63, 3.8) is 0 Å². The SMILES string of the molecule is CCCCCCCCCCCCCOCCOCCOP(=O)([O-])OCCOCCOCCCCCCCCCCCCC. The minimum Gasteiger partial charge on any atom is -0.756 e. The molecule has 0 rings (SSSR count). The number of ether oxygens (including phenoxy) is 4. The Bertz CT molecular complexity index is 523. The number of hydrogen-bond acceptors (Lipinski definition) is 8. The van der Waals surface area contributed by atoms with Gasteiger partial charge in [0.15, 0.2) is 0 Å². The standard InChI is InChI=1S/C34H71O8P/c1-3-5-7-9-11-13-15-17-19-21-23-25-37-27-29-39-31-33-41-43(35,36)42-34-32-40-30-28-38-26-24-22-20-18-16-14-12-10-8-6-4-2/h3-34H2,1-2H3,(H,35,36)/p-1. The van der Waals surface area contributed by atoms with E-state index >= 15 is 0 Å². The third-order valence-corrected chi connectivity index (χ3v) is 8.48. The molecule has 0 aromatic heterocycles. The van der Waals surface area contributed by atoms with Gasteiger partial charge in [0.2, 0.25) is 0 Å². The Kier molecular flexibility index (Phi) is 36.4. The molecule has 43 heavy (non-hydrogen) atoms. The monoisotopic (exact) mass is 637 g/mol. The molecule has 0 amide bonds. The van der Waals surface area contributed by atoms with E-state index in [9.17, 15) is 9.46 Å². The molecule has 0 bridgehead atoms. The van der Waals surface area contributed by atoms with Gasteiger partial charge in [-0.05, 0) is 12.8 Å². The Balaban J connectivity index is 3.26. The van der Waals surface area contributed by atoms with Crippen molar-refractivity contribution in [2.24, 2.45) is 0 Å². The first-order valence-corrected chi connectivity index (χ1v) is 19.5. The fourth-order valence-electron chi connectivity index (χ4n) is 4.83. The summed E-state index contributed by atoms with van der Waals surface area (Å²) in [6.07, 6.45) is 29.0. The Hall–Kier alpha value is -0.0500. The van der Waals surface area contributed by atoms with E-state index in [4.69, 9.17) is 28.0 Å². The number of rotatable bonds is 38. The van der Waals surface area contributed by atoms with Gasteiger partial charge in [0.05, 0.1) is 52.9 Å². The van der Waals surface area contributed by atoms with E-state index in [1.165, 1.54) is 128 Å². The smallest absolute Gasteiger partial charge is 0.268 e. The van der Waals surface area contributed by atoms with Gasteiger partial charge in [-0.15, -0.1) is 0 Å². The van der Waals surface area contributed by atoms with Crippen LogP contribution in [0.3, 0.4) is 0 Å². The largest absolute Gasteiger partial charge is 0.756 e. The zero-order valence-corrected chi connectivity index (χ0v) is 29.2. The van der Waals surface area contributed by atoms with Crippen LogP contribution in [0.4, 0.5) is 0 Å². The summed E-state index contributed by atoms with van der Waals surface area (Å²) in [6.45, 7) is 8.04. The number of phosphoric ester groups is 1. The summed E-state index contributed by atoms with van der Waals surface area (Å²) in [7, 11) is -4.35. The molecule has 0 heterocycles. The predicted molar refractivity (Wildman–Crippen MR) is 176 cm³/mol. The van der Waals surface area contributed by atoms with Crippen molar-refractivity contribution in [1.82, 2.24) is 0 Å². The molecule has 0 aromatic carbocycles. The van der Waals surface area contributed by atoms with E-state index in [2.05, 4.69) is 13.8 Å². The molecular formula is C34H70O8P-. The first kappa shape index (κ1) is 43.0. The summed E-state index contributed by atoms with van der Waals surface area (Å²) in [5.41, 5.74) is 0. The van der Waals surface area contributed by atoms with Crippen LogP contribution < -0.4 is 4.89 Å². The van der Waals surface area contributed by atoms with Gasteiger partial charge in [-0.2, -0.15) is 0 Å². The normalized spacial score (nSPS) is 12.0. The van der Waals surface area contributed by atoms with Gasteiger partial charge in [0.25, 0.3) is 7.82 Å². The minimum absolute atomic E-state index is 0.0763. The molecule has 0 spiro atoms. The van der Waals surface area contributed by atoms with E-state index in [0.717, 1.165) is 26.1 Å². The highest BCUT2D eigenvalue weighted by Crippen LogP contribution is 2.37. The summed E-state index contributed by atoms with van der Waals surface area (Å²) in [4.78, 5) is 11.8. The maximum absolute atomic E-state index is 11.8. The Morgan fingerprint density at radius 1 is 0.349 bits per heavy atom. The van der Waals surface area contributed by atoms with Crippen molar-refractivity contribution < 1.29 is 37.5 Å². The van der Waals surface area contributed by atoms with Crippen LogP contribution in [0, 0.1) is 0 Å². The number of phosphoric acid groups is 1. The second kappa shape index (κ2) is 36.4. The summed E-state index contributed by atoms with van der Waals surface area (Å²) < 4.78 is 43.3. The first-order chi connectivity index (χ1) is 21.1. The highest BCUT2D eigenvalue weighted by atomic mass is 31.2. The number of unbranched alkanes of at least 4 members (excludes halogenated alkanes) is 20. The molecule has 0 atom stereocenters. The van der Waals surface area contributed by atoms with E-state index in [0.29, 0.717) is 26.4 Å². The van der Waals surface area contributed by atoms with Crippen molar-refractivity contribution in [3.8, 4) is 0 Å². The molecule has 0 saturated heterocycles. The van der Waals surface area contributed by atoms with Crippen LogP contribution in [0.15, 0.2) is 0 Å². The summed E-state index contributed by atoms with van der Waals surface area (Å²) >= 11 is 0. The van der Waals surface area contributed by atoms with E-state index in [-0.39, 0.29) is 26.4 Å². The van der Waals surface area contributed by atoms with Crippen LogP contribution in [0.25, 0.3) is 0 Å². The zero-order chi connectivity index (χ0) is 31.4. The molecule has 0 unspecified atom stereocenters. The van der Waals surface area contributed by atoms with Gasteiger partial charge in [0, 0.05) is 13.2 Å². The minimum atomic E-state index is -4.35. The lowest BCUT2D eigenvalue weighted by molar-refractivity contribution is -0.227. The summed E-state index contributed by atoms with van der Waals surface area (Å²) in [6, 6.07) is 0. The number of hydrogen-bond donors (Lipinski definition) is 0. The van der Waals surface area contributed by atoms with Gasteiger partial charge < -0.3 is 32.9 Å². The predicted octanol–water partition coefficient (Wildman–Crippen LogP) is 9.18. The average Bonchev–Trinajstić information content (AvgIpc) is 3.00. The molecule has 0 aliphatic rings. The molecule has 0 aliphatic carbocycles. The summed E-state index contributed by atoms with van der Waals surface area (Å²) in [5, 5.41) is 0. The van der Waals surface area contributed by atoms with Crippen LogP contribution >= 0.6 is 7.82 Å². The highest BCUT2D eigenvalue weighted by molar-refractivity contribution is 7.45. The van der Waals surface area contributed by atoms with Gasteiger partial charge in [0.1, 0.15) is 0 Å². The Morgan fingerprint density at radius 2 is 0.581 bits per heavy atom. The molecule has 0 aromatic rings. The lowest BCUT2D eigenvalue weighted by Gasteiger charge is -2.22. The third kappa shape index (κ3) is 38.0. The highest BCUT2D eigenvalue weighted by Gasteiger charge is 2.09. The molecule has 0 fully saturated rings. The maximum atomic E-state index is 11.8. The van der Waals surface area contributed by atoms with Crippen molar-refractivity contribution in [1.29, 1.82) is 0 Å². The van der Waals surface area contributed by atoms with Crippen molar-refractivity contribution in [2.45, 2.75) is 155 Å². The maximum Gasteiger partial charge on any atom is 0.268 e. The van der Waals surface area contributed by atoms with Crippen molar-refractivity contribution in [3.05, 3.63) is 0 Å². The molecule has 0 saturated carbocycles. The Morgan fingerprint density at radius 3 is 0.884 bits per heavy atom. The molecule has 0 N–H and O–H groups in total. The van der Waals surface area contributed by atoms with Crippen LogP contribution in [0.2, 0.25) is 0 Å². The second-order valence-electron chi connectivity index (χ2n) is 11.6. The van der Waals surface area contributed by atoms with E-state index < -0.39 is 7.82 Å². The van der Waals surface area contributed by atoms with Crippen LogP contribution in [-0.4, -0.2) is 66.1 Å². The topological polar surface area (TPSA) is 95.5 Å². The van der Waals surface area contributed by atoms with Gasteiger partial charge in [-0.3, -0.25) is 4.57 Å². The molecule has 0 aliphatic heterocycles. The molecular weight excluding hydrogens is 567 g/mol. The zero-order valence-electron chi connectivity index (χ0n) is 28.3.